The van der Waals surface area contributed by atoms with E-state index in [2.05, 4.69) is 19.2 Å². The van der Waals surface area contributed by atoms with Crippen molar-refractivity contribution in [2.75, 3.05) is 5.88 Å². The van der Waals surface area contributed by atoms with E-state index in [0.717, 1.165) is 31.4 Å². The summed E-state index contributed by atoms with van der Waals surface area (Å²) in [7, 11) is 0. The molecule has 0 fully saturated rings. The van der Waals surface area contributed by atoms with Gasteiger partial charge in [0.2, 0.25) is 5.91 Å². The predicted octanol–water partition coefficient (Wildman–Crippen LogP) is 4.36. The third-order valence-corrected chi connectivity index (χ3v) is 5.39. The van der Waals surface area contributed by atoms with Gasteiger partial charge in [-0.1, -0.05) is 26.0 Å². The molecule has 2 aromatic carbocycles. The smallest absolute Gasteiger partial charge is 0.373 e. The third-order valence-electron chi connectivity index (χ3n) is 5.14. The van der Waals surface area contributed by atoms with Crippen LogP contribution in [-0.2, 0) is 30.4 Å². The molecule has 2 rings (SSSR count). The van der Waals surface area contributed by atoms with Crippen molar-refractivity contribution in [3.05, 3.63) is 59.7 Å². The van der Waals surface area contributed by atoms with Crippen molar-refractivity contribution in [3.8, 4) is 11.5 Å². The van der Waals surface area contributed by atoms with Gasteiger partial charge in [0, 0.05) is 18.0 Å². The summed E-state index contributed by atoms with van der Waals surface area (Å²) in [5.41, 5.74) is 1.63. The van der Waals surface area contributed by atoms with Crippen molar-refractivity contribution >= 4 is 35.6 Å². The van der Waals surface area contributed by atoms with Crippen LogP contribution in [0.4, 0.5) is 0 Å². The summed E-state index contributed by atoms with van der Waals surface area (Å²) in [6, 6.07) is 14.9. The summed E-state index contributed by atoms with van der Waals surface area (Å²) in [5, 5.41) is 3.13. The Morgan fingerprint density at radius 3 is 1.71 bits per heavy atom. The van der Waals surface area contributed by atoms with Gasteiger partial charge < -0.3 is 10.1 Å². The Morgan fingerprint density at radius 1 is 0.882 bits per heavy atom. The molecule has 0 unspecified atom stereocenters. The maximum Gasteiger partial charge on any atom is 0.373 e. The van der Waals surface area contributed by atoms with Gasteiger partial charge in [-0.2, -0.15) is 19.2 Å². The maximum atomic E-state index is 11.6. The molecule has 0 aliphatic carbocycles. The van der Waals surface area contributed by atoms with E-state index in [4.69, 9.17) is 35.5 Å². The zero-order valence-corrected chi connectivity index (χ0v) is 20.1. The minimum Gasteiger partial charge on any atom is -0.457 e. The Hall–Kier alpha value is -3.57. The number of carbonyl (C=O) groups excluding carboxylic acids is 6. The Bertz CT molecular complexity index is 944. The van der Waals surface area contributed by atoms with Crippen molar-refractivity contribution in [1.29, 1.82) is 0 Å². The van der Waals surface area contributed by atoms with Crippen molar-refractivity contribution in [3.63, 3.8) is 0 Å². The van der Waals surface area contributed by atoms with Gasteiger partial charge in [-0.25, -0.2) is 0 Å². The number of amides is 1. The molecule has 0 aliphatic heterocycles. The van der Waals surface area contributed by atoms with Crippen LogP contribution in [0.5, 0.6) is 11.5 Å². The Morgan fingerprint density at radius 2 is 1.32 bits per heavy atom. The largest absolute Gasteiger partial charge is 0.457 e. The van der Waals surface area contributed by atoms with E-state index in [9.17, 15) is 9.59 Å². The third kappa shape index (κ3) is 11.3. The van der Waals surface area contributed by atoms with E-state index in [1.165, 1.54) is 5.56 Å². The number of carbonyl (C=O) groups is 2. The van der Waals surface area contributed by atoms with Crippen molar-refractivity contribution in [1.82, 2.24) is 5.32 Å². The van der Waals surface area contributed by atoms with Gasteiger partial charge >= 0.3 is 12.3 Å². The lowest BCUT2D eigenvalue weighted by molar-refractivity contribution is -0.193. The van der Waals surface area contributed by atoms with Crippen molar-refractivity contribution in [2.24, 2.45) is 0 Å². The monoisotopic (exact) mass is 489 g/mol. The molecule has 182 valence electrons. The topological polar surface area (TPSA) is 124 Å². The average molecular weight is 490 g/mol. The van der Waals surface area contributed by atoms with E-state index in [1.807, 2.05) is 24.3 Å². The van der Waals surface area contributed by atoms with Crippen LogP contribution < -0.4 is 10.1 Å². The first kappa shape index (κ1) is 30.4. The van der Waals surface area contributed by atoms with Gasteiger partial charge in [0.25, 0.3) is 0 Å². The first-order valence-corrected chi connectivity index (χ1v) is 11.0. The van der Waals surface area contributed by atoms with E-state index in [0.29, 0.717) is 11.3 Å². The van der Waals surface area contributed by atoms with Crippen LogP contribution in [0.2, 0.25) is 0 Å². The van der Waals surface area contributed by atoms with Crippen molar-refractivity contribution < 1.29 is 33.5 Å². The van der Waals surface area contributed by atoms with E-state index in [-0.39, 0.29) is 35.4 Å². The molecule has 0 aliphatic rings. The van der Waals surface area contributed by atoms with Gasteiger partial charge in [0.05, 0.1) is 5.88 Å². The maximum absolute atomic E-state index is 11.6. The van der Waals surface area contributed by atoms with E-state index >= 15 is 0 Å². The molecule has 1 amide bonds. The highest BCUT2D eigenvalue weighted by Crippen LogP contribution is 2.25. The Labute approximate surface area is 203 Å². The van der Waals surface area contributed by atoms with Gasteiger partial charge in [-0.15, -0.1) is 11.6 Å². The molecule has 1 N–H and O–H groups in total. The van der Waals surface area contributed by atoms with Gasteiger partial charge in [-0.05, 0) is 67.6 Å². The highest BCUT2D eigenvalue weighted by molar-refractivity contribution is 6.30. The number of hydrogen-bond acceptors (Lipinski definition) is 7. The highest BCUT2D eigenvalue weighted by Gasteiger charge is 2.26. The zero-order chi connectivity index (χ0) is 26.0. The summed E-state index contributed by atoms with van der Waals surface area (Å²) >= 11 is 5.57. The molecule has 8 nitrogen and oxygen atoms in total. The standard InChI is InChI=1S/C23H28ClNO3.2CO2/c1-4-23(5-2,25-17(3)26)15-14-18-6-10-20(11-7-18)28-21-12-8-19(9-13-21)22(27)16-24;2*2-1-3/h6-13H,4-5,14-16H2,1-3H3,(H,25,26);;. The molecule has 9 heteroatoms. The number of halogens is 1. The predicted molar refractivity (Wildman–Crippen MR) is 123 cm³/mol. The second-order valence-electron chi connectivity index (χ2n) is 7.16. The van der Waals surface area contributed by atoms with E-state index < -0.39 is 0 Å². The second-order valence-corrected chi connectivity index (χ2v) is 7.43. The molecule has 0 heterocycles. The molecule has 34 heavy (non-hydrogen) atoms. The molecule has 2 aromatic rings. The Balaban J connectivity index is 0.00000164. The summed E-state index contributed by atoms with van der Waals surface area (Å²) in [4.78, 5) is 55.6. The van der Waals surface area contributed by atoms with Gasteiger partial charge in [-0.3, -0.25) is 9.59 Å². The molecule has 0 aromatic heterocycles. The normalized spacial score (nSPS) is 9.65. The van der Waals surface area contributed by atoms with Crippen LogP contribution in [0.3, 0.4) is 0 Å². The number of benzene rings is 2. The van der Waals surface area contributed by atoms with Gasteiger partial charge in [0.15, 0.2) is 5.78 Å². The highest BCUT2D eigenvalue weighted by atomic mass is 35.5. The number of hydrogen-bond donors (Lipinski definition) is 1. The summed E-state index contributed by atoms with van der Waals surface area (Å²) < 4.78 is 5.84. The van der Waals surface area contributed by atoms with Gasteiger partial charge in [0.1, 0.15) is 11.5 Å². The fraction of sp³-hybridized carbons (Fsp3) is 0.360. The molecular weight excluding hydrogens is 462 g/mol. The quantitative estimate of drug-likeness (QED) is 0.388. The molecule has 0 saturated heterocycles. The van der Waals surface area contributed by atoms with Crippen LogP contribution >= 0.6 is 11.6 Å². The first-order valence-electron chi connectivity index (χ1n) is 10.5. The number of nitrogens with one attached hydrogen (secondary N) is 1. The fourth-order valence-corrected chi connectivity index (χ4v) is 3.40. The molecule has 0 spiro atoms. The number of alkyl halides is 1. The average Bonchev–Trinajstić information content (AvgIpc) is 2.83. The van der Waals surface area contributed by atoms with Crippen LogP contribution in [0.15, 0.2) is 48.5 Å². The number of Topliss-reactive ketones (excluding diaryl/α,β-unsaturated/α-hetero) is 1. The molecule has 0 bridgehead atoms. The zero-order valence-electron chi connectivity index (χ0n) is 19.4. The molecule has 0 atom stereocenters. The molecule has 0 radical (unpaired) electrons. The van der Waals surface area contributed by atoms with Crippen molar-refractivity contribution in [2.45, 2.75) is 52.0 Å². The summed E-state index contributed by atoms with van der Waals surface area (Å²) in [5.74, 6) is 1.29. The molecular formula is C25H28ClNO7. The molecule has 0 saturated carbocycles. The minimum absolute atomic E-state index is 0.0196. The number of ketones is 1. The SMILES string of the molecule is CCC(CC)(CCc1ccc(Oc2ccc(C(=O)CCl)cc2)cc1)NC(C)=O.O=C=O.O=C=O. The van der Waals surface area contributed by atoms with Crippen LogP contribution in [0, 0.1) is 0 Å². The fourth-order valence-electron chi connectivity index (χ4n) is 3.25. The minimum atomic E-state index is -0.150. The Kier molecular flexibility index (Phi) is 15.2. The van der Waals surface area contributed by atoms with Crippen LogP contribution in [-0.4, -0.2) is 35.4 Å². The van der Waals surface area contributed by atoms with E-state index in [1.54, 1.807) is 31.2 Å². The lowest BCUT2D eigenvalue weighted by atomic mass is 9.86. The number of ether oxygens (including phenoxy) is 1. The first-order chi connectivity index (χ1) is 16.2. The van der Waals surface area contributed by atoms with Crippen LogP contribution in [0.1, 0.15) is 56.0 Å². The summed E-state index contributed by atoms with van der Waals surface area (Å²) in [6.45, 7) is 5.80. The summed E-state index contributed by atoms with van der Waals surface area (Å²) in [6.07, 6.45) is 4.10. The number of rotatable bonds is 10. The lowest BCUT2D eigenvalue weighted by Gasteiger charge is -2.32. The second kappa shape index (κ2) is 17.0. The lowest BCUT2D eigenvalue weighted by Crippen LogP contribution is -2.47. The van der Waals surface area contributed by atoms with Crippen LogP contribution in [0.25, 0.3) is 0 Å². The number of aryl methyl sites for hydroxylation is 1.